The number of hydrogen-bond acceptors (Lipinski definition) is 4. The highest BCUT2D eigenvalue weighted by atomic mass is 16.5. The van der Waals surface area contributed by atoms with E-state index < -0.39 is 0 Å². The van der Waals surface area contributed by atoms with Crippen molar-refractivity contribution in [2.24, 2.45) is 5.73 Å². The Morgan fingerprint density at radius 1 is 0.952 bits per heavy atom. The van der Waals surface area contributed by atoms with Crippen LogP contribution in [0.5, 0.6) is 11.5 Å². The summed E-state index contributed by atoms with van der Waals surface area (Å²) in [6.45, 7) is 1.52. The van der Waals surface area contributed by atoms with Gasteiger partial charge in [-0.2, -0.15) is 0 Å². The van der Waals surface area contributed by atoms with Crippen LogP contribution in [0.2, 0.25) is 0 Å². The van der Waals surface area contributed by atoms with Crippen LogP contribution in [-0.4, -0.2) is 14.2 Å². The molecule has 0 aliphatic carbocycles. The SMILES string of the molecule is COCc1cccc(OCc2ccc(OC)c(CN)c2)c1. The molecule has 0 radical (unpaired) electrons. The second-order valence-corrected chi connectivity index (χ2v) is 4.72. The van der Waals surface area contributed by atoms with Crippen molar-refractivity contribution in [2.45, 2.75) is 19.8 Å². The summed E-state index contributed by atoms with van der Waals surface area (Å²) in [5.74, 6) is 1.64. The van der Waals surface area contributed by atoms with Crippen LogP contribution in [0, 0.1) is 0 Å². The molecule has 112 valence electrons. The molecule has 2 aromatic carbocycles. The van der Waals surface area contributed by atoms with Crippen molar-refractivity contribution in [3.8, 4) is 11.5 Å². The molecule has 0 saturated heterocycles. The standard InChI is InChI=1S/C17H21NO3/c1-19-11-13-4-3-5-16(9-13)21-12-14-6-7-17(20-2)15(8-14)10-18/h3-9H,10-12,18H2,1-2H3. The molecular formula is C17H21NO3. The first kappa shape index (κ1) is 15.4. The van der Waals surface area contributed by atoms with Crippen LogP contribution in [0.1, 0.15) is 16.7 Å². The summed E-state index contributed by atoms with van der Waals surface area (Å²) in [4.78, 5) is 0. The Morgan fingerprint density at radius 3 is 2.48 bits per heavy atom. The minimum absolute atomic E-state index is 0.445. The lowest BCUT2D eigenvalue weighted by atomic mass is 10.1. The predicted octanol–water partition coefficient (Wildman–Crippen LogP) is 2.88. The zero-order valence-electron chi connectivity index (χ0n) is 12.5. The predicted molar refractivity (Wildman–Crippen MR) is 82.4 cm³/mol. The fourth-order valence-corrected chi connectivity index (χ4v) is 2.14. The molecule has 2 N–H and O–H groups in total. The van der Waals surface area contributed by atoms with Crippen LogP contribution >= 0.6 is 0 Å². The summed E-state index contributed by atoms with van der Waals surface area (Å²) < 4.78 is 16.2. The van der Waals surface area contributed by atoms with Crippen molar-refractivity contribution in [1.82, 2.24) is 0 Å². The van der Waals surface area contributed by atoms with Gasteiger partial charge in [-0.3, -0.25) is 0 Å². The molecule has 0 fully saturated rings. The highest BCUT2D eigenvalue weighted by molar-refractivity contribution is 5.37. The van der Waals surface area contributed by atoms with Crippen molar-refractivity contribution >= 4 is 0 Å². The molecule has 0 spiro atoms. The van der Waals surface area contributed by atoms with Crippen LogP contribution in [0.3, 0.4) is 0 Å². The molecule has 21 heavy (non-hydrogen) atoms. The monoisotopic (exact) mass is 287 g/mol. The average molecular weight is 287 g/mol. The van der Waals surface area contributed by atoms with Gasteiger partial charge in [-0.25, -0.2) is 0 Å². The Hall–Kier alpha value is -2.04. The quantitative estimate of drug-likeness (QED) is 0.850. The van der Waals surface area contributed by atoms with Gasteiger partial charge in [0.25, 0.3) is 0 Å². The molecule has 0 atom stereocenters. The van der Waals surface area contributed by atoms with E-state index in [9.17, 15) is 0 Å². The number of benzene rings is 2. The normalized spacial score (nSPS) is 10.4. The Kier molecular flexibility index (Phi) is 5.60. The third-order valence-electron chi connectivity index (χ3n) is 3.18. The first-order valence-electron chi connectivity index (χ1n) is 6.83. The van der Waals surface area contributed by atoms with E-state index in [-0.39, 0.29) is 0 Å². The van der Waals surface area contributed by atoms with Gasteiger partial charge >= 0.3 is 0 Å². The zero-order chi connectivity index (χ0) is 15.1. The summed E-state index contributed by atoms with van der Waals surface area (Å²) >= 11 is 0. The van der Waals surface area contributed by atoms with Crippen molar-refractivity contribution in [2.75, 3.05) is 14.2 Å². The van der Waals surface area contributed by atoms with E-state index in [0.29, 0.717) is 19.8 Å². The minimum atomic E-state index is 0.445. The van der Waals surface area contributed by atoms with E-state index in [4.69, 9.17) is 19.9 Å². The largest absolute Gasteiger partial charge is 0.496 e. The molecule has 4 nitrogen and oxygen atoms in total. The first-order valence-corrected chi connectivity index (χ1v) is 6.83. The Balaban J connectivity index is 2.04. The number of ether oxygens (including phenoxy) is 3. The van der Waals surface area contributed by atoms with Gasteiger partial charge < -0.3 is 19.9 Å². The lowest BCUT2D eigenvalue weighted by Gasteiger charge is -2.11. The molecule has 0 unspecified atom stereocenters. The van der Waals surface area contributed by atoms with Gasteiger partial charge in [0, 0.05) is 19.2 Å². The number of hydrogen-bond donors (Lipinski definition) is 1. The first-order chi connectivity index (χ1) is 10.3. The Morgan fingerprint density at radius 2 is 1.76 bits per heavy atom. The molecule has 0 aromatic heterocycles. The van der Waals surface area contributed by atoms with Crippen LogP contribution in [-0.2, 0) is 24.5 Å². The smallest absolute Gasteiger partial charge is 0.123 e. The molecule has 0 amide bonds. The van der Waals surface area contributed by atoms with E-state index in [1.165, 1.54) is 0 Å². The lowest BCUT2D eigenvalue weighted by Crippen LogP contribution is -2.03. The van der Waals surface area contributed by atoms with Gasteiger partial charge in [-0.1, -0.05) is 18.2 Å². The summed E-state index contributed by atoms with van der Waals surface area (Å²) in [6.07, 6.45) is 0. The average Bonchev–Trinajstić information content (AvgIpc) is 2.53. The van der Waals surface area contributed by atoms with Crippen molar-refractivity contribution in [1.29, 1.82) is 0 Å². The minimum Gasteiger partial charge on any atom is -0.496 e. The highest BCUT2D eigenvalue weighted by Gasteiger charge is 2.04. The van der Waals surface area contributed by atoms with Gasteiger partial charge in [0.1, 0.15) is 18.1 Å². The second-order valence-electron chi connectivity index (χ2n) is 4.72. The number of rotatable bonds is 7. The summed E-state index contributed by atoms with van der Waals surface area (Å²) in [5, 5.41) is 0. The van der Waals surface area contributed by atoms with Crippen molar-refractivity contribution < 1.29 is 14.2 Å². The molecule has 0 aliphatic rings. The van der Waals surface area contributed by atoms with Gasteiger partial charge in [-0.05, 0) is 35.4 Å². The topological polar surface area (TPSA) is 53.7 Å². The molecule has 2 aromatic rings. The lowest BCUT2D eigenvalue weighted by molar-refractivity contribution is 0.184. The van der Waals surface area contributed by atoms with E-state index >= 15 is 0 Å². The van der Waals surface area contributed by atoms with Crippen molar-refractivity contribution in [3.63, 3.8) is 0 Å². The highest BCUT2D eigenvalue weighted by Crippen LogP contribution is 2.21. The fourth-order valence-electron chi connectivity index (χ4n) is 2.14. The van der Waals surface area contributed by atoms with Gasteiger partial charge in [0.15, 0.2) is 0 Å². The van der Waals surface area contributed by atoms with Crippen LogP contribution in [0.4, 0.5) is 0 Å². The molecule has 0 aliphatic heterocycles. The maximum atomic E-state index is 5.81. The maximum absolute atomic E-state index is 5.81. The van der Waals surface area contributed by atoms with E-state index in [1.807, 2.05) is 42.5 Å². The van der Waals surface area contributed by atoms with Crippen LogP contribution in [0.15, 0.2) is 42.5 Å². The van der Waals surface area contributed by atoms with Gasteiger partial charge in [0.05, 0.1) is 13.7 Å². The molecule has 2 rings (SSSR count). The van der Waals surface area contributed by atoms with Gasteiger partial charge in [0.2, 0.25) is 0 Å². The van der Waals surface area contributed by atoms with Crippen LogP contribution < -0.4 is 15.2 Å². The van der Waals surface area contributed by atoms with E-state index in [1.54, 1.807) is 14.2 Å². The third-order valence-corrected chi connectivity index (χ3v) is 3.18. The number of nitrogens with two attached hydrogens (primary N) is 1. The zero-order valence-corrected chi connectivity index (χ0v) is 12.5. The Bertz CT molecular complexity index is 584. The summed E-state index contributed by atoms with van der Waals surface area (Å²) in [6, 6.07) is 13.8. The third kappa shape index (κ3) is 4.21. The van der Waals surface area contributed by atoms with Gasteiger partial charge in [-0.15, -0.1) is 0 Å². The van der Waals surface area contributed by atoms with Crippen molar-refractivity contribution in [3.05, 3.63) is 59.2 Å². The summed E-state index contributed by atoms with van der Waals surface area (Å²) in [7, 11) is 3.32. The fraction of sp³-hybridized carbons (Fsp3) is 0.294. The number of methoxy groups -OCH3 is 2. The second kappa shape index (κ2) is 7.67. The maximum Gasteiger partial charge on any atom is 0.123 e. The molecular weight excluding hydrogens is 266 g/mol. The molecule has 0 saturated carbocycles. The Labute approximate surface area is 125 Å². The van der Waals surface area contributed by atoms with E-state index in [2.05, 4.69) is 0 Å². The van der Waals surface area contributed by atoms with E-state index in [0.717, 1.165) is 28.2 Å². The molecule has 0 heterocycles. The molecule has 4 heteroatoms. The summed E-state index contributed by atoms with van der Waals surface area (Å²) in [5.41, 5.74) is 8.85. The molecule has 0 bridgehead atoms. The van der Waals surface area contributed by atoms with Crippen LogP contribution in [0.25, 0.3) is 0 Å².